The summed E-state index contributed by atoms with van der Waals surface area (Å²) in [7, 11) is 0. The van der Waals surface area contributed by atoms with Crippen molar-refractivity contribution in [2.75, 3.05) is 16.8 Å². The van der Waals surface area contributed by atoms with E-state index in [0.717, 1.165) is 31.2 Å². The van der Waals surface area contributed by atoms with Crippen LogP contribution in [-0.4, -0.2) is 18.4 Å². The third-order valence-corrected chi connectivity index (χ3v) is 4.63. The largest absolute Gasteiger partial charge is 0.482 e. The molecule has 0 saturated carbocycles. The number of hydrogen-bond donors (Lipinski definition) is 1. The quantitative estimate of drug-likeness (QED) is 0.699. The van der Waals surface area contributed by atoms with Gasteiger partial charge in [0.2, 0.25) is 5.91 Å². The monoisotopic (exact) mass is 366 g/mol. The van der Waals surface area contributed by atoms with Gasteiger partial charge in [-0.1, -0.05) is 56.5 Å². The van der Waals surface area contributed by atoms with Gasteiger partial charge in [-0.3, -0.25) is 9.59 Å². The number of fused-ring (bicyclic) bond motifs is 1. The molecule has 2 amide bonds. The van der Waals surface area contributed by atoms with Crippen LogP contribution >= 0.6 is 0 Å². The van der Waals surface area contributed by atoms with E-state index in [1.165, 1.54) is 0 Å². The predicted octanol–water partition coefficient (Wildman–Crippen LogP) is 4.52. The van der Waals surface area contributed by atoms with Gasteiger partial charge in [-0.2, -0.15) is 0 Å². The van der Waals surface area contributed by atoms with Crippen LogP contribution in [-0.2, 0) is 16.1 Å². The summed E-state index contributed by atoms with van der Waals surface area (Å²) in [6, 6.07) is 15.3. The average Bonchev–Trinajstić information content (AvgIpc) is 2.68. The molecular weight excluding hydrogens is 340 g/mol. The van der Waals surface area contributed by atoms with Gasteiger partial charge in [0.05, 0.1) is 12.2 Å². The summed E-state index contributed by atoms with van der Waals surface area (Å²) in [5.74, 6) is 0.574. The van der Waals surface area contributed by atoms with Crippen LogP contribution < -0.4 is 15.0 Å². The fraction of sp³-hybridized carbons (Fsp3) is 0.364. The maximum Gasteiger partial charge on any atom is 0.265 e. The van der Waals surface area contributed by atoms with Gasteiger partial charge in [0.25, 0.3) is 5.91 Å². The molecular formula is C22H26N2O3. The van der Waals surface area contributed by atoms with Crippen molar-refractivity contribution in [1.82, 2.24) is 0 Å². The van der Waals surface area contributed by atoms with E-state index in [2.05, 4.69) is 12.2 Å². The molecule has 0 unspecified atom stereocenters. The lowest BCUT2D eigenvalue weighted by molar-refractivity contribution is -0.121. The summed E-state index contributed by atoms with van der Waals surface area (Å²) in [6.07, 6.45) is 4.78. The Morgan fingerprint density at radius 1 is 1.11 bits per heavy atom. The highest BCUT2D eigenvalue weighted by Crippen LogP contribution is 2.35. The van der Waals surface area contributed by atoms with E-state index in [9.17, 15) is 9.59 Å². The minimum Gasteiger partial charge on any atom is -0.482 e. The second kappa shape index (κ2) is 9.21. The molecule has 1 aliphatic heterocycles. The molecule has 1 heterocycles. The highest BCUT2D eigenvalue weighted by molar-refractivity contribution is 5.99. The Morgan fingerprint density at radius 3 is 2.70 bits per heavy atom. The van der Waals surface area contributed by atoms with Crippen LogP contribution in [0.5, 0.6) is 5.75 Å². The molecule has 0 saturated heterocycles. The second-order valence-corrected chi connectivity index (χ2v) is 6.80. The number of nitrogens with zero attached hydrogens (tertiary/aromatic N) is 1. The number of rotatable bonds is 8. The number of ether oxygens (including phenoxy) is 1. The zero-order valence-corrected chi connectivity index (χ0v) is 15.7. The Kier molecular flexibility index (Phi) is 6.47. The number of hydrogen-bond acceptors (Lipinski definition) is 3. The Hall–Kier alpha value is -2.82. The summed E-state index contributed by atoms with van der Waals surface area (Å²) in [5.41, 5.74) is 2.42. The van der Waals surface area contributed by atoms with E-state index in [0.29, 0.717) is 30.1 Å². The molecule has 2 aromatic rings. The van der Waals surface area contributed by atoms with Crippen LogP contribution in [0.1, 0.15) is 44.6 Å². The van der Waals surface area contributed by atoms with Gasteiger partial charge in [0.1, 0.15) is 5.75 Å². The highest BCUT2D eigenvalue weighted by atomic mass is 16.5. The Labute approximate surface area is 160 Å². The number of benzene rings is 2. The first-order chi connectivity index (χ1) is 13.2. The van der Waals surface area contributed by atoms with Crippen LogP contribution in [0.3, 0.4) is 0 Å². The fourth-order valence-corrected chi connectivity index (χ4v) is 3.16. The molecule has 1 N–H and O–H groups in total. The molecule has 5 nitrogen and oxygen atoms in total. The van der Waals surface area contributed by atoms with Gasteiger partial charge in [-0.05, 0) is 30.2 Å². The van der Waals surface area contributed by atoms with Crippen molar-refractivity contribution < 1.29 is 14.3 Å². The summed E-state index contributed by atoms with van der Waals surface area (Å²) in [4.78, 5) is 26.3. The first-order valence-corrected chi connectivity index (χ1v) is 9.58. The van der Waals surface area contributed by atoms with Crippen LogP contribution in [0.4, 0.5) is 11.4 Å². The van der Waals surface area contributed by atoms with Crippen molar-refractivity contribution in [3.05, 3.63) is 54.1 Å². The zero-order valence-electron chi connectivity index (χ0n) is 15.7. The Morgan fingerprint density at radius 2 is 1.93 bits per heavy atom. The van der Waals surface area contributed by atoms with Crippen molar-refractivity contribution >= 4 is 23.2 Å². The SMILES string of the molecule is CCCCCCC(=O)Nc1ccc2c(c1)N(Cc1ccccc1)C(=O)CO2. The molecule has 0 bridgehead atoms. The molecule has 3 rings (SSSR count). The number of carbonyl (C=O) groups excluding carboxylic acids is 2. The molecule has 142 valence electrons. The van der Waals surface area contributed by atoms with Crippen molar-refractivity contribution in [2.45, 2.75) is 45.6 Å². The Bertz CT molecular complexity index is 789. The van der Waals surface area contributed by atoms with Crippen molar-refractivity contribution in [2.24, 2.45) is 0 Å². The van der Waals surface area contributed by atoms with Crippen molar-refractivity contribution in [3.63, 3.8) is 0 Å². The van der Waals surface area contributed by atoms with Gasteiger partial charge in [0, 0.05) is 12.1 Å². The molecule has 2 aromatic carbocycles. The third kappa shape index (κ3) is 5.09. The minimum atomic E-state index is -0.0885. The molecule has 0 atom stereocenters. The lowest BCUT2D eigenvalue weighted by atomic mass is 10.1. The number of anilines is 2. The number of amides is 2. The number of nitrogens with one attached hydrogen (secondary N) is 1. The summed E-state index contributed by atoms with van der Waals surface area (Å²) in [6.45, 7) is 2.66. The van der Waals surface area contributed by atoms with Gasteiger partial charge in [0.15, 0.2) is 6.61 Å². The van der Waals surface area contributed by atoms with E-state index >= 15 is 0 Å². The molecule has 0 aliphatic carbocycles. The predicted molar refractivity (Wildman–Crippen MR) is 107 cm³/mol. The minimum absolute atomic E-state index is 0.00344. The number of carbonyl (C=O) groups is 2. The molecule has 0 spiro atoms. The summed E-state index contributed by atoms with van der Waals surface area (Å²) >= 11 is 0. The first kappa shape index (κ1) is 19.0. The summed E-state index contributed by atoms with van der Waals surface area (Å²) in [5, 5.41) is 2.94. The molecule has 5 heteroatoms. The molecule has 0 aromatic heterocycles. The highest BCUT2D eigenvalue weighted by Gasteiger charge is 2.26. The number of unbranched alkanes of at least 4 members (excludes halogenated alkanes) is 3. The standard InChI is InChI=1S/C22H26N2O3/c1-2-3-4-8-11-21(25)23-18-12-13-20-19(14-18)24(22(26)16-27-20)15-17-9-6-5-7-10-17/h5-7,9-10,12-14H,2-4,8,11,15-16H2,1H3,(H,23,25). The lowest BCUT2D eigenvalue weighted by Gasteiger charge is -2.30. The molecule has 27 heavy (non-hydrogen) atoms. The van der Waals surface area contributed by atoms with E-state index in [4.69, 9.17) is 4.74 Å². The molecule has 1 aliphatic rings. The van der Waals surface area contributed by atoms with E-state index in [-0.39, 0.29) is 18.4 Å². The second-order valence-electron chi connectivity index (χ2n) is 6.80. The smallest absolute Gasteiger partial charge is 0.265 e. The lowest BCUT2D eigenvalue weighted by Crippen LogP contribution is -2.38. The zero-order chi connectivity index (χ0) is 19.1. The topological polar surface area (TPSA) is 58.6 Å². The van der Waals surface area contributed by atoms with Crippen LogP contribution in [0, 0.1) is 0 Å². The van der Waals surface area contributed by atoms with E-state index in [1.54, 1.807) is 4.90 Å². The normalized spacial score (nSPS) is 13.1. The van der Waals surface area contributed by atoms with Crippen molar-refractivity contribution in [1.29, 1.82) is 0 Å². The van der Waals surface area contributed by atoms with Gasteiger partial charge in [-0.15, -0.1) is 0 Å². The van der Waals surface area contributed by atoms with Gasteiger partial charge < -0.3 is 15.0 Å². The van der Waals surface area contributed by atoms with Gasteiger partial charge >= 0.3 is 0 Å². The van der Waals surface area contributed by atoms with Crippen LogP contribution in [0.2, 0.25) is 0 Å². The van der Waals surface area contributed by atoms with Crippen LogP contribution in [0.15, 0.2) is 48.5 Å². The van der Waals surface area contributed by atoms with E-state index < -0.39 is 0 Å². The third-order valence-electron chi connectivity index (χ3n) is 4.63. The summed E-state index contributed by atoms with van der Waals surface area (Å²) < 4.78 is 5.55. The molecule has 0 radical (unpaired) electrons. The van der Waals surface area contributed by atoms with Gasteiger partial charge in [-0.25, -0.2) is 0 Å². The van der Waals surface area contributed by atoms with Crippen LogP contribution in [0.25, 0.3) is 0 Å². The van der Waals surface area contributed by atoms with E-state index in [1.807, 2.05) is 48.5 Å². The average molecular weight is 366 g/mol. The Balaban J connectivity index is 1.71. The van der Waals surface area contributed by atoms with Crippen molar-refractivity contribution in [3.8, 4) is 5.75 Å². The molecule has 0 fully saturated rings. The first-order valence-electron chi connectivity index (χ1n) is 9.58. The maximum absolute atomic E-state index is 12.4. The fourth-order valence-electron chi connectivity index (χ4n) is 3.16. The maximum atomic E-state index is 12.4.